The van der Waals surface area contributed by atoms with E-state index >= 15 is 0 Å². The molecule has 2 atom stereocenters. The highest BCUT2D eigenvalue weighted by Gasteiger charge is 2.53. The van der Waals surface area contributed by atoms with Gasteiger partial charge in [0.15, 0.2) is 0 Å². The molecule has 1 saturated carbocycles. The van der Waals surface area contributed by atoms with E-state index < -0.39 is 0 Å². The summed E-state index contributed by atoms with van der Waals surface area (Å²) in [6.07, 6.45) is 0. The normalized spacial score (nSPS) is 28.1. The van der Waals surface area contributed by atoms with E-state index in [1.54, 1.807) is 0 Å². The molecule has 1 saturated heterocycles. The Morgan fingerprint density at radius 3 is 2.58 bits per heavy atom. The largest absolute Gasteiger partial charge is 0.349 e. The molecule has 0 spiro atoms. The first-order valence-corrected chi connectivity index (χ1v) is 6.83. The molecule has 2 fully saturated rings. The molecule has 0 aromatic heterocycles. The van der Waals surface area contributed by atoms with Gasteiger partial charge in [-0.2, -0.15) is 0 Å². The lowest BCUT2D eigenvalue weighted by atomic mass is 10.1. The maximum absolute atomic E-state index is 12.2. The van der Waals surface area contributed by atoms with Crippen LogP contribution >= 0.6 is 0 Å². The van der Waals surface area contributed by atoms with E-state index in [0.717, 1.165) is 24.0 Å². The van der Waals surface area contributed by atoms with Crippen LogP contribution < -0.4 is 10.6 Å². The molecule has 1 aliphatic heterocycles. The molecule has 19 heavy (non-hydrogen) atoms. The van der Waals surface area contributed by atoms with Gasteiger partial charge in [-0.25, -0.2) is 0 Å². The minimum absolute atomic E-state index is 0.0603. The van der Waals surface area contributed by atoms with Crippen LogP contribution in [-0.4, -0.2) is 25.0 Å². The fraction of sp³-hybridized carbons (Fsp3) is 0.312. The van der Waals surface area contributed by atoms with Gasteiger partial charge < -0.3 is 10.6 Å². The molecular formula is C16H16N2O. The van der Waals surface area contributed by atoms with Crippen molar-refractivity contribution in [1.29, 1.82) is 0 Å². The lowest BCUT2D eigenvalue weighted by Gasteiger charge is -2.08. The zero-order valence-corrected chi connectivity index (χ0v) is 10.6. The summed E-state index contributed by atoms with van der Waals surface area (Å²) in [7, 11) is 0. The molecule has 96 valence electrons. The van der Waals surface area contributed by atoms with Crippen LogP contribution in [0.1, 0.15) is 10.4 Å². The molecule has 2 unspecified atom stereocenters. The van der Waals surface area contributed by atoms with Gasteiger partial charge in [0, 0.05) is 24.7 Å². The average molecular weight is 252 g/mol. The molecule has 2 aromatic carbocycles. The van der Waals surface area contributed by atoms with Crippen molar-refractivity contribution in [3.63, 3.8) is 0 Å². The standard InChI is InChI=1S/C16H16N2O/c19-16(18-15-13-8-17-9-14(13)15)12-6-5-10-3-1-2-4-11(10)7-12/h1-7,13-15,17H,8-9H2,(H,18,19). The molecule has 3 nitrogen and oxygen atoms in total. The summed E-state index contributed by atoms with van der Waals surface area (Å²) in [4.78, 5) is 12.2. The third-order valence-corrected chi connectivity index (χ3v) is 4.40. The zero-order valence-electron chi connectivity index (χ0n) is 10.6. The molecule has 0 radical (unpaired) electrons. The number of rotatable bonds is 2. The number of carbonyl (C=O) groups is 1. The first-order chi connectivity index (χ1) is 9.33. The van der Waals surface area contributed by atoms with E-state index in [1.807, 2.05) is 36.4 Å². The van der Waals surface area contributed by atoms with Gasteiger partial charge in [0.1, 0.15) is 0 Å². The fourth-order valence-corrected chi connectivity index (χ4v) is 3.20. The smallest absolute Gasteiger partial charge is 0.251 e. The van der Waals surface area contributed by atoms with Crippen LogP contribution in [0.3, 0.4) is 0 Å². The minimum Gasteiger partial charge on any atom is -0.349 e. The van der Waals surface area contributed by atoms with E-state index in [2.05, 4.69) is 16.7 Å². The predicted molar refractivity (Wildman–Crippen MR) is 75.1 cm³/mol. The van der Waals surface area contributed by atoms with E-state index in [-0.39, 0.29) is 5.91 Å². The maximum atomic E-state index is 12.2. The second kappa shape index (κ2) is 4.07. The van der Waals surface area contributed by atoms with Gasteiger partial charge in [-0.15, -0.1) is 0 Å². The summed E-state index contributed by atoms with van der Waals surface area (Å²) < 4.78 is 0. The molecule has 1 aliphatic carbocycles. The molecule has 2 N–H and O–H groups in total. The van der Waals surface area contributed by atoms with Gasteiger partial charge in [-0.05, 0) is 34.7 Å². The zero-order chi connectivity index (χ0) is 12.8. The third-order valence-electron chi connectivity index (χ3n) is 4.40. The van der Waals surface area contributed by atoms with Crippen LogP contribution in [0.2, 0.25) is 0 Å². The maximum Gasteiger partial charge on any atom is 0.251 e. The van der Waals surface area contributed by atoms with Gasteiger partial charge in [-0.3, -0.25) is 4.79 Å². The van der Waals surface area contributed by atoms with Crippen molar-refractivity contribution in [3.8, 4) is 0 Å². The van der Waals surface area contributed by atoms with E-state index in [4.69, 9.17) is 0 Å². The molecule has 4 rings (SSSR count). The predicted octanol–water partition coefficient (Wildman–Crippen LogP) is 1.79. The van der Waals surface area contributed by atoms with Crippen molar-refractivity contribution in [2.45, 2.75) is 6.04 Å². The van der Waals surface area contributed by atoms with Crippen molar-refractivity contribution in [2.24, 2.45) is 11.8 Å². The van der Waals surface area contributed by atoms with E-state index in [1.165, 1.54) is 5.39 Å². The Bertz CT molecular complexity index is 642. The van der Waals surface area contributed by atoms with Crippen LogP contribution in [0, 0.1) is 11.8 Å². The molecule has 2 aliphatic rings. The Labute approximate surface area is 112 Å². The van der Waals surface area contributed by atoms with Crippen molar-refractivity contribution in [2.75, 3.05) is 13.1 Å². The summed E-state index contributed by atoms with van der Waals surface area (Å²) >= 11 is 0. The number of fused-ring (bicyclic) bond motifs is 2. The Kier molecular flexibility index (Phi) is 2.35. The van der Waals surface area contributed by atoms with Gasteiger partial charge in [0.2, 0.25) is 0 Å². The van der Waals surface area contributed by atoms with Crippen molar-refractivity contribution >= 4 is 16.7 Å². The highest BCUT2D eigenvalue weighted by Crippen LogP contribution is 2.41. The van der Waals surface area contributed by atoms with Gasteiger partial charge in [-0.1, -0.05) is 30.3 Å². The van der Waals surface area contributed by atoms with Gasteiger partial charge in [0.25, 0.3) is 5.91 Å². The average Bonchev–Trinajstić information content (AvgIpc) is 2.88. The number of hydrogen-bond acceptors (Lipinski definition) is 2. The van der Waals surface area contributed by atoms with E-state index in [9.17, 15) is 4.79 Å². The summed E-state index contributed by atoms with van der Waals surface area (Å²) in [6.45, 7) is 2.10. The number of hydrogen-bond donors (Lipinski definition) is 2. The molecule has 1 heterocycles. The lowest BCUT2D eigenvalue weighted by Crippen LogP contribution is -2.32. The number of nitrogens with one attached hydrogen (secondary N) is 2. The van der Waals surface area contributed by atoms with Crippen molar-refractivity contribution < 1.29 is 4.79 Å². The second-order valence-electron chi connectivity index (χ2n) is 5.55. The van der Waals surface area contributed by atoms with Crippen LogP contribution in [0.25, 0.3) is 10.8 Å². The molecule has 3 heteroatoms. The van der Waals surface area contributed by atoms with Gasteiger partial charge in [0.05, 0.1) is 0 Å². The summed E-state index contributed by atoms with van der Waals surface area (Å²) in [5.74, 6) is 1.37. The first kappa shape index (κ1) is 11.0. The van der Waals surface area contributed by atoms with Crippen LogP contribution in [-0.2, 0) is 0 Å². The Balaban J connectivity index is 1.55. The van der Waals surface area contributed by atoms with Crippen LogP contribution in [0.4, 0.5) is 0 Å². The second-order valence-corrected chi connectivity index (χ2v) is 5.55. The monoisotopic (exact) mass is 252 g/mol. The van der Waals surface area contributed by atoms with E-state index in [0.29, 0.717) is 17.9 Å². The Hall–Kier alpha value is -1.87. The number of carbonyl (C=O) groups excluding carboxylic acids is 1. The highest BCUT2D eigenvalue weighted by atomic mass is 16.1. The number of piperidine rings is 1. The molecule has 1 amide bonds. The van der Waals surface area contributed by atoms with Crippen LogP contribution in [0.15, 0.2) is 42.5 Å². The molecule has 2 aromatic rings. The summed E-state index contributed by atoms with van der Waals surface area (Å²) in [5.41, 5.74) is 0.761. The SMILES string of the molecule is O=C(NC1C2CNCC21)c1ccc2ccccc2c1. The Morgan fingerprint density at radius 1 is 1.05 bits per heavy atom. The number of amides is 1. The first-order valence-electron chi connectivity index (χ1n) is 6.83. The third kappa shape index (κ3) is 1.81. The summed E-state index contributed by atoms with van der Waals surface area (Å²) in [6, 6.07) is 14.4. The number of benzene rings is 2. The summed E-state index contributed by atoms with van der Waals surface area (Å²) in [5, 5.41) is 8.79. The van der Waals surface area contributed by atoms with Gasteiger partial charge >= 0.3 is 0 Å². The lowest BCUT2D eigenvalue weighted by molar-refractivity contribution is 0.0946. The quantitative estimate of drug-likeness (QED) is 0.855. The van der Waals surface area contributed by atoms with Crippen LogP contribution in [0.5, 0.6) is 0 Å². The van der Waals surface area contributed by atoms with Crippen molar-refractivity contribution in [3.05, 3.63) is 48.0 Å². The highest BCUT2D eigenvalue weighted by molar-refractivity contribution is 5.98. The molecular weight excluding hydrogens is 236 g/mol. The molecule has 0 bridgehead atoms. The Morgan fingerprint density at radius 2 is 1.79 bits per heavy atom. The fourth-order valence-electron chi connectivity index (χ4n) is 3.20. The van der Waals surface area contributed by atoms with Crippen molar-refractivity contribution in [1.82, 2.24) is 10.6 Å². The minimum atomic E-state index is 0.0603. The topological polar surface area (TPSA) is 41.1 Å².